The van der Waals surface area contributed by atoms with Gasteiger partial charge < -0.3 is 4.90 Å². The summed E-state index contributed by atoms with van der Waals surface area (Å²) in [4.78, 5) is 19.9. The molecule has 0 saturated heterocycles. The van der Waals surface area contributed by atoms with E-state index in [9.17, 15) is 22.0 Å². The molecule has 0 heterocycles. The van der Waals surface area contributed by atoms with Crippen LogP contribution in [0, 0.1) is 11.6 Å². The van der Waals surface area contributed by atoms with E-state index in [1.807, 2.05) is 6.92 Å². The van der Waals surface area contributed by atoms with Crippen LogP contribution in [-0.2, 0) is 21.4 Å². The average Bonchev–Trinajstić information content (AvgIpc) is 2.84. The van der Waals surface area contributed by atoms with E-state index < -0.39 is 21.9 Å². The lowest BCUT2D eigenvalue weighted by atomic mass is 10.0. The van der Waals surface area contributed by atoms with Crippen LogP contribution in [0.3, 0.4) is 0 Å². The maximum absolute atomic E-state index is 13.8. The summed E-state index contributed by atoms with van der Waals surface area (Å²) in [6, 6.07) is 16.9. The summed E-state index contributed by atoms with van der Waals surface area (Å²) in [5.74, 6) is -1.18. The van der Waals surface area contributed by atoms with Crippen LogP contribution in [-0.4, -0.2) is 37.9 Å². The first-order valence-corrected chi connectivity index (χ1v) is 12.0. The second kappa shape index (κ2) is 10.9. The van der Waals surface area contributed by atoms with Gasteiger partial charge in [0.1, 0.15) is 11.6 Å². The Morgan fingerprint density at radius 3 is 2.18 bits per heavy atom. The van der Waals surface area contributed by atoms with Gasteiger partial charge in [0.15, 0.2) is 0 Å². The molecule has 3 rings (SSSR count). The summed E-state index contributed by atoms with van der Waals surface area (Å²) in [7, 11) is -1.36. The van der Waals surface area contributed by atoms with E-state index >= 15 is 0 Å². The van der Waals surface area contributed by atoms with Crippen molar-refractivity contribution in [1.82, 2.24) is 9.37 Å². The molecular formula is C25H26F2N2O4S. The van der Waals surface area contributed by atoms with Gasteiger partial charge in [0, 0.05) is 19.2 Å². The molecule has 180 valence electrons. The van der Waals surface area contributed by atoms with E-state index in [1.54, 1.807) is 29.2 Å². The first-order chi connectivity index (χ1) is 16.2. The molecule has 0 aliphatic carbocycles. The quantitative estimate of drug-likeness (QED) is 0.400. The van der Waals surface area contributed by atoms with Crippen LogP contribution >= 0.6 is 0 Å². The van der Waals surface area contributed by atoms with Gasteiger partial charge in [-0.2, -0.15) is 0 Å². The molecular weight excluding hydrogens is 462 g/mol. The third-order valence-corrected chi connectivity index (χ3v) is 7.21. The fraction of sp³-hybridized carbons (Fsp3) is 0.240. The van der Waals surface area contributed by atoms with Gasteiger partial charge in [-0.3, -0.25) is 9.63 Å². The Hall–Kier alpha value is -3.14. The van der Waals surface area contributed by atoms with Crippen LogP contribution in [0.25, 0.3) is 0 Å². The molecule has 34 heavy (non-hydrogen) atoms. The highest BCUT2D eigenvalue weighted by Crippen LogP contribution is 2.29. The van der Waals surface area contributed by atoms with Crippen molar-refractivity contribution in [2.75, 3.05) is 14.2 Å². The molecule has 0 aliphatic rings. The van der Waals surface area contributed by atoms with Crippen molar-refractivity contribution >= 4 is 15.9 Å². The highest BCUT2D eigenvalue weighted by Gasteiger charge is 2.27. The summed E-state index contributed by atoms with van der Waals surface area (Å²) in [5.41, 5.74) is 1.58. The lowest BCUT2D eigenvalue weighted by molar-refractivity contribution is -0.0258. The Morgan fingerprint density at radius 1 is 0.971 bits per heavy atom. The fourth-order valence-corrected chi connectivity index (χ4v) is 4.63. The van der Waals surface area contributed by atoms with Gasteiger partial charge in [0.2, 0.25) is 0 Å². The largest absolute Gasteiger partial charge is 0.327 e. The van der Waals surface area contributed by atoms with Gasteiger partial charge in [-0.25, -0.2) is 17.2 Å². The summed E-state index contributed by atoms with van der Waals surface area (Å²) < 4.78 is 53.0. The van der Waals surface area contributed by atoms with Gasteiger partial charge in [-0.15, -0.1) is 0 Å². The van der Waals surface area contributed by atoms with Gasteiger partial charge >= 0.3 is 0 Å². The average molecular weight is 489 g/mol. The van der Waals surface area contributed by atoms with Crippen LogP contribution in [0.1, 0.15) is 40.9 Å². The van der Waals surface area contributed by atoms with Crippen molar-refractivity contribution in [3.8, 4) is 0 Å². The number of rotatable bonds is 9. The van der Waals surface area contributed by atoms with Crippen LogP contribution in [0.15, 0.2) is 77.7 Å². The second-order valence-electron chi connectivity index (χ2n) is 7.66. The third kappa shape index (κ3) is 5.67. The van der Waals surface area contributed by atoms with E-state index in [4.69, 9.17) is 4.84 Å². The van der Waals surface area contributed by atoms with Crippen molar-refractivity contribution in [3.63, 3.8) is 0 Å². The molecule has 0 saturated carbocycles. The maximum Gasteiger partial charge on any atom is 0.264 e. The monoisotopic (exact) mass is 488 g/mol. The highest BCUT2D eigenvalue weighted by atomic mass is 32.2. The second-order valence-corrected chi connectivity index (χ2v) is 9.60. The van der Waals surface area contributed by atoms with E-state index in [2.05, 4.69) is 0 Å². The molecule has 9 heteroatoms. The molecule has 0 fully saturated rings. The van der Waals surface area contributed by atoms with E-state index in [0.717, 1.165) is 10.0 Å². The summed E-state index contributed by atoms with van der Waals surface area (Å²) in [6.45, 7) is 2.01. The Morgan fingerprint density at radius 2 is 1.62 bits per heavy atom. The Kier molecular flexibility index (Phi) is 8.14. The molecule has 0 N–H and O–H groups in total. The van der Waals surface area contributed by atoms with Gasteiger partial charge in [0.05, 0.1) is 18.0 Å². The molecule has 6 nitrogen and oxygen atoms in total. The van der Waals surface area contributed by atoms with Crippen molar-refractivity contribution in [2.24, 2.45) is 0 Å². The molecule has 0 spiro atoms. The van der Waals surface area contributed by atoms with Crippen LogP contribution in [0.2, 0.25) is 0 Å². The predicted octanol–water partition coefficient (Wildman–Crippen LogP) is 4.94. The lowest BCUT2D eigenvalue weighted by Gasteiger charge is -2.32. The number of hydroxylamine groups is 1. The first kappa shape index (κ1) is 25.5. The zero-order valence-electron chi connectivity index (χ0n) is 19.1. The minimum atomic E-state index is -3.86. The molecule has 1 unspecified atom stereocenters. The van der Waals surface area contributed by atoms with Crippen molar-refractivity contribution in [1.29, 1.82) is 0 Å². The SMILES string of the molecule is CCC(c1ccc(F)cc1)N(Cc1cccc(F)c1)C(=O)c1ccc(S(=O)(=O)N(C)OC)cc1. The number of hydrogen-bond acceptors (Lipinski definition) is 4. The molecule has 3 aromatic rings. The summed E-state index contributed by atoms with van der Waals surface area (Å²) >= 11 is 0. The van der Waals surface area contributed by atoms with Crippen LogP contribution in [0.4, 0.5) is 8.78 Å². The summed E-state index contributed by atoms with van der Waals surface area (Å²) in [5, 5.41) is 0. The van der Waals surface area contributed by atoms with Crippen molar-refractivity contribution in [2.45, 2.75) is 30.8 Å². The van der Waals surface area contributed by atoms with Crippen LogP contribution < -0.4 is 0 Å². The topological polar surface area (TPSA) is 66.9 Å². The van der Waals surface area contributed by atoms with E-state index in [1.165, 1.54) is 62.7 Å². The maximum atomic E-state index is 13.8. The van der Waals surface area contributed by atoms with Gasteiger partial charge in [-0.1, -0.05) is 35.7 Å². The molecule has 0 bridgehead atoms. The van der Waals surface area contributed by atoms with Crippen LogP contribution in [0.5, 0.6) is 0 Å². The molecule has 1 atom stereocenters. The van der Waals surface area contributed by atoms with Crippen molar-refractivity contribution < 1.29 is 26.8 Å². The number of carbonyl (C=O) groups excluding carboxylic acids is 1. The minimum absolute atomic E-state index is 0.0318. The Labute approximate surface area is 198 Å². The molecule has 0 aromatic heterocycles. The number of halogens is 2. The normalized spacial score (nSPS) is 12.5. The summed E-state index contributed by atoms with van der Waals surface area (Å²) in [6.07, 6.45) is 0.526. The van der Waals surface area contributed by atoms with Gasteiger partial charge in [0.25, 0.3) is 15.9 Å². The number of carbonyl (C=O) groups is 1. The molecule has 0 aliphatic heterocycles. The number of benzene rings is 3. The number of nitrogens with zero attached hydrogens (tertiary/aromatic N) is 2. The molecule has 3 aromatic carbocycles. The lowest BCUT2D eigenvalue weighted by Crippen LogP contribution is -2.34. The number of hydrogen-bond donors (Lipinski definition) is 0. The van der Waals surface area contributed by atoms with Gasteiger partial charge in [-0.05, 0) is 66.1 Å². The number of amides is 1. The predicted molar refractivity (Wildman–Crippen MR) is 124 cm³/mol. The Balaban J connectivity index is 1.99. The fourth-order valence-electron chi connectivity index (χ4n) is 3.66. The molecule has 0 radical (unpaired) electrons. The molecule has 1 amide bonds. The van der Waals surface area contributed by atoms with E-state index in [-0.39, 0.29) is 28.7 Å². The van der Waals surface area contributed by atoms with E-state index in [0.29, 0.717) is 12.0 Å². The Bertz CT molecular complexity index is 1230. The standard InChI is InChI=1S/C25H26F2N2O4S/c1-4-24(19-8-12-21(26)13-9-19)29(17-18-6-5-7-22(27)16-18)25(30)20-10-14-23(15-11-20)34(31,32)28(2)33-3/h5-16,24H,4,17H2,1-3H3. The zero-order chi connectivity index (χ0) is 24.9. The minimum Gasteiger partial charge on any atom is -0.327 e. The smallest absolute Gasteiger partial charge is 0.264 e. The zero-order valence-corrected chi connectivity index (χ0v) is 19.9. The third-order valence-electron chi connectivity index (χ3n) is 5.52. The highest BCUT2D eigenvalue weighted by molar-refractivity contribution is 7.89. The number of sulfonamides is 1. The van der Waals surface area contributed by atoms with Crippen molar-refractivity contribution in [3.05, 3.63) is 101 Å². The first-order valence-electron chi connectivity index (χ1n) is 10.6.